The topological polar surface area (TPSA) is 21.7 Å². The molecule has 1 aliphatic heterocycles. The molecular formula is C19H21Cl2NO2. The van der Waals surface area contributed by atoms with E-state index in [0.717, 1.165) is 35.2 Å². The van der Waals surface area contributed by atoms with Gasteiger partial charge in [-0.25, -0.2) is 0 Å². The fraction of sp³-hybridized carbons (Fsp3) is 0.263. The molecule has 1 heterocycles. The van der Waals surface area contributed by atoms with Crippen LogP contribution in [0, 0.1) is 0 Å². The van der Waals surface area contributed by atoms with E-state index in [1.54, 1.807) is 0 Å². The summed E-state index contributed by atoms with van der Waals surface area (Å²) < 4.78 is 11.2. The Kier molecular flexibility index (Phi) is 6.98. The Morgan fingerprint density at radius 3 is 2.67 bits per heavy atom. The summed E-state index contributed by atoms with van der Waals surface area (Å²) in [4.78, 5) is 2.24. The van der Waals surface area contributed by atoms with E-state index in [4.69, 9.17) is 21.1 Å². The maximum Gasteiger partial charge on any atom is 0.161 e. The maximum atomic E-state index is 5.99. The highest BCUT2D eigenvalue weighted by atomic mass is 35.5. The van der Waals surface area contributed by atoms with Crippen LogP contribution in [0.4, 0.5) is 0 Å². The average molecular weight is 366 g/mol. The molecule has 0 bridgehead atoms. The van der Waals surface area contributed by atoms with Gasteiger partial charge in [0.1, 0.15) is 13.2 Å². The van der Waals surface area contributed by atoms with Crippen molar-refractivity contribution in [1.29, 1.82) is 0 Å². The fourth-order valence-electron chi connectivity index (χ4n) is 2.54. The van der Waals surface area contributed by atoms with E-state index < -0.39 is 0 Å². The second-order valence-corrected chi connectivity index (χ2v) is 6.07. The van der Waals surface area contributed by atoms with Gasteiger partial charge in [-0.2, -0.15) is 0 Å². The number of ether oxygens (including phenoxy) is 2. The number of benzene rings is 2. The lowest BCUT2D eigenvalue weighted by molar-refractivity contribution is 0.171. The minimum Gasteiger partial charge on any atom is -0.486 e. The fourth-order valence-corrected chi connectivity index (χ4v) is 2.74. The molecule has 0 amide bonds. The first-order valence-electron chi connectivity index (χ1n) is 7.70. The molecule has 5 heteroatoms. The van der Waals surface area contributed by atoms with E-state index in [0.29, 0.717) is 13.2 Å². The Labute approximate surface area is 154 Å². The van der Waals surface area contributed by atoms with Crippen LogP contribution in [0.25, 0.3) is 6.08 Å². The first kappa shape index (κ1) is 18.7. The van der Waals surface area contributed by atoms with Gasteiger partial charge in [0.15, 0.2) is 11.5 Å². The number of likely N-dealkylation sites (N-methyl/N-ethyl adjacent to an activating group) is 1. The largest absolute Gasteiger partial charge is 0.486 e. The summed E-state index contributed by atoms with van der Waals surface area (Å²) >= 11 is 5.99. The predicted octanol–water partition coefficient (Wildman–Crippen LogP) is 4.68. The van der Waals surface area contributed by atoms with Crippen molar-refractivity contribution in [3.63, 3.8) is 0 Å². The van der Waals surface area contributed by atoms with Gasteiger partial charge in [0.25, 0.3) is 0 Å². The molecule has 24 heavy (non-hydrogen) atoms. The second kappa shape index (κ2) is 8.97. The van der Waals surface area contributed by atoms with Crippen molar-refractivity contribution >= 4 is 30.1 Å². The smallest absolute Gasteiger partial charge is 0.161 e. The Morgan fingerprint density at radius 2 is 1.88 bits per heavy atom. The number of nitrogens with zero attached hydrogens (tertiary/aromatic N) is 1. The lowest BCUT2D eigenvalue weighted by Crippen LogP contribution is -2.19. The zero-order valence-electron chi connectivity index (χ0n) is 13.6. The summed E-state index contributed by atoms with van der Waals surface area (Å²) in [6.45, 7) is 2.96. The van der Waals surface area contributed by atoms with Gasteiger partial charge in [-0.3, -0.25) is 4.90 Å². The quantitative estimate of drug-likeness (QED) is 0.767. The zero-order valence-corrected chi connectivity index (χ0v) is 15.1. The minimum absolute atomic E-state index is 0. The highest BCUT2D eigenvalue weighted by molar-refractivity contribution is 6.30. The second-order valence-electron chi connectivity index (χ2n) is 5.63. The van der Waals surface area contributed by atoms with E-state index in [1.807, 2.05) is 30.3 Å². The molecular weight excluding hydrogens is 345 g/mol. The van der Waals surface area contributed by atoms with Gasteiger partial charge < -0.3 is 9.47 Å². The standard InChI is InChI=1S/C19H20ClNO2.ClH/c1-21(9-3-5-15-4-2-6-17(20)12-15)14-16-7-8-18-19(13-16)23-11-10-22-18;/h2-8,12-13H,9-11,14H2,1H3;1H/b5-3+;. The summed E-state index contributed by atoms with van der Waals surface area (Å²) in [6.07, 6.45) is 4.23. The van der Waals surface area contributed by atoms with E-state index in [1.165, 1.54) is 5.56 Å². The third kappa shape index (κ3) is 5.17. The Morgan fingerprint density at radius 1 is 1.08 bits per heavy atom. The summed E-state index contributed by atoms with van der Waals surface area (Å²) in [5.74, 6) is 1.68. The van der Waals surface area contributed by atoms with Crippen LogP contribution in [0.5, 0.6) is 11.5 Å². The normalized spacial score (nSPS) is 13.1. The van der Waals surface area contributed by atoms with Crippen LogP contribution >= 0.6 is 24.0 Å². The zero-order chi connectivity index (χ0) is 16.1. The van der Waals surface area contributed by atoms with E-state index in [2.05, 4.69) is 36.2 Å². The highest BCUT2D eigenvalue weighted by Gasteiger charge is 2.12. The molecule has 0 N–H and O–H groups in total. The Bertz CT molecular complexity index is 704. The third-order valence-electron chi connectivity index (χ3n) is 3.64. The molecule has 0 saturated heterocycles. The van der Waals surface area contributed by atoms with Gasteiger partial charge in [-0.15, -0.1) is 12.4 Å². The van der Waals surface area contributed by atoms with Crippen molar-refractivity contribution in [3.8, 4) is 11.5 Å². The van der Waals surface area contributed by atoms with Gasteiger partial charge in [-0.1, -0.05) is 42.0 Å². The van der Waals surface area contributed by atoms with Crippen LogP contribution < -0.4 is 9.47 Å². The highest BCUT2D eigenvalue weighted by Crippen LogP contribution is 2.31. The summed E-state index contributed by atoms with van der Waals surface area (Å²) in [7, 11) is 2.10. The van der Waals surface area contributed by atoms with Crippen molar-refractivity contribution < 1.29 is 9.47 Å². The summed E-state index contributed by atoms with van der Waals surface area (Å²) in [5.41, 5.74) is 2.33. The van der Waals surface area contributed by atoms with Gasteiger partial charge in [0.05, 0.1) is 0 Å². The number of fused-ring (bicyclic) bond motifs is 1. The molecule has 3 rings (SSSR count). The maximum absolute atomic E-state index is 5.99. The molecule has 0 aliphatic carbocycles. The number of halogens is 2. The van der Waals surface area contributed by atoms with E-state index in [-0.39, 0.29) is 12.4 Å². The van der Waals surface area contributed by atoms with Crippen LogP contribution in [-0.2, 0) is 6.54 Å². The molecule has 0 aromatic heterocycles. The van der Waals surface area contributed by atoms with Gasteiger partial charge in [-0.05, 0) is 42.4 Å². The molecule has 0 radical (unpaired) electrons. The average Bonchev–Trinajstić information content (AvgIpc) is 2.55. The number of rotatable bonds is 5. The molecule has 0 unspecified atom stereocenters. The minimum atomic E-state index is 0. The molecule has 128 valence electrons. The van der Waals surface area contributed by atoms with Crippen molar-refractivity contribution in [2.75, 3.05) is 26.8 Å². The molecule has 1 aliphatic rings. The summed E-state index contributed by atoms with van der Waals surface area (Å²) in [5, 5.41) is 0.761. The molecule has 2 aromatic rings. The van der Waals surface area contributed by atoms with Gasteiger partial charge >= 0.3 is 0 Å². The molecule has 0 fully saturated rings. The lowest BCUT2D eigenvalue weighted by Gasteiger charge is -2.20. The molecule has 0 atom stereocenters. The molecule has 0 spiro atoms. The van der Waals surface area contributed by atoms with Crippen molar-refractivity contribution in [1.82, 2.24) is 4.90 Å². The first-order valence-corrected chi connectivity index (χ1v) is 8.08. The van der Waals surface area contributed by atoms with Crippen LogP contribution in [0.2, 0.25) is 5.02 Å². The van der Waals surface area contributed by atoms with E-state index in [9.17, 15) is 0 Å². The van der Waals surface area contributed by atoms with Crippen molar-refractivity contribution in [2.45, 2.75) is 6.54 Å². The molecule has 2 aromatic carbocycles. The SMILES string of the molecule is CN(C/C=C/c1cccc(Cl)c1)Cc1ccc2c(c1)OCCO2.Cl. The number of hydrogen-bond acceptors (Lipinski definition) is 3. The van der Waals surface area contributed by atoms with Crippen LogP contribution in [0.15, 0.2) is 48.5 Å². The van der Waals surface area contributed by atoms with Gasteiger partial charge in [0, 0.05) is 18.1 Å². The summed E-state index contributed by atoms with van der Waals surface area (Å²) in [6, 6.07) is 14.0. The van der Waals surface area contributed by atoms with Crippen LogP contribution in [-0.4, -0.2) is 31.7 Å². The lowest BCUT2D eigenvalue weighted by atomic mass is 10.1. The molecule has 3 nitrogen and oxygen atoms in total. The van der Waals surface area contributed by atoms with Crippen molar-refractivity contribution in [2.24, 2.45) is 0 Å². The van der Waals surface area contributed by atoms with E-state index >= 15 is 0 Å². The van der Waals surface area contributed by atoms with Gasteiger partial charge in [0.2, 0.25) is 0 Å². The Balaban J connectivity index is 0.00000208. The van der Waals surface area contributed by atoms with Crippen molar-refractivity contribution in [3.05, 3.63) is 64.7 Å². The van der Waals surface area contributed by atoms with Crippen LogP contribution in [0.1, 0.15) is 11.1 Å². The van der Waals surface area contributed by atoms with Crippen LogP contribution in [0.3, 0.4) is 0 Å². The Hall–Kier alpha value is -1.68. The predicted molar refractivity (Wildman–Crippen MR) is 102 cm³/mol. The number of hydrogen-bond donors (Lipinski definition) is 0. The first-order chi connectivity index (χ1) is 11.2. The molecule has 0 saturated carbocycles. The monoisotopic (exact) mass is 365 g/mol. The third-order valence-corrected chi connectivity index (χ3v) is 3.87.